The topological polar surface area (TPSA) is 220 Å². The molecule has 2 unspecified atom stereocenters. The minimum absolute atomic E-state index is 0.187. The maximum absolute atomic E-state index is 14.0. The number of allylic oxidation sites excluding steroid dienone is 3. The number of fused-ring (bicyclic) bond motifs is 7. The van der Waals surface area contributed by atoms with Crippen LogP contribution in [0.2, 0.25) is 15.1 Å². The zero-order chi connectivity index (χ0) is 70.9. The molecule has 7 aliphatic heterocycles. The van der Waals surface area contributed by atoms with Crippen LogP contribution in [-0.2, 0) is 14.4 Å². The van der Waals surface area contributed by atoms with Crippen molar-refractivity contribution >= 4 is 87.4 Å². The minimum atomic E-state index is -0.190. The summed E-state index contributed by atoms with van der Waals surface area (Å²) < 4.78 is 0. The summed E-state index contributed by atoms with van der Waals surface area (Å²) in [6.45, 7) is 25.6. The van der Waals surface area contributed by atoms with Gasteiger partial charge in [-0.2, -0.15) is 0 Å². The van der Waals surface area contributed by atoms with Crippen molar-refractivity contribution in [2.75, 3.05) is 89.6 Å². The predicted octanol–water partition coefficient (Wildman–Crippen LogP) is 12.1. The summed E-state index contributed by atoms with van der Waals surface area (Å²) in [5.41, 5.74) is 9.62. The molecule has 0 spiro atoms. The number of rotatable bonds is 18. The number of anilines is 6. The second kappa shape index (κ2) is 29.2. The smallest absolute Gasteiger partial charge is 0.232 e. The average Bonchev–Trinajstić information content (AvgIpc) is 1.60. The van der Waals surface area contributed by atoms with Crippen LogP contribution in [0.5, 0.6) is 0 Å². The van der Waals surface area contributed by atoms with E-state index in [-0.39, 0.29) is 59.6 Å². The van der Waals surface area contributed by atoms with Crippen LogP contribution in [-0.4, -0.2) is 176 Å². The van der Waals surface area contributed by atoms with Crippen molar-refractivity contribution in [1.29, 1.82) is 0 Å². The van der Waals surface area contributed by atoms with E-state index in [1.807, 2.05) is 72.8 Å². The Labute approximate surface area is 619 Å². The highest BCUT2D eigenvalue weighted by molar-refractivity contribution is 6.31. The molecule has 5 aliphatic carbocycles. The molecule has 12 aliphatic rings. The van der Waals surface area contributed by atoms with E-state index in [9.17, 15) is 14.4 Å². The molecule has 6 aromatic rings. The average molecular weight is 1450 g/mol. The molecule has 5 saturated carbocycles. The molecule has 540 valence electrons. The van der Waals surface area contributed by atoms with Crippen molar-refractivity contribution in [2.45, 2.75) is 194 Å². The molecule has 3 aromatic carbocycles. The van der Waals surface area contributed by atoms with Crippen LogP contribution in [0.1, 0.15) is 173 Å². The maximum atomic E-state index is 14.0. The lowest BCUT2D eigenvalue weighted by molar-refractivity contribution is -0.136. The normalized spacial score (nSPS) is 26.4. The maximum Gasteiger partial charge on any atom is 0.232 e. The molecule has 2 bridgehead atoms. The second-order valence-electron chi connectivity index (χ2n) is 31.0. The molecule has 103 heavy (non-hydrogen) atoms. The van der Waals surface area contributed by atoms with Crippen molar-refractivity contribution in [3.63, 3.8) is 0 Å². The van der Waals surface area contributed by atoms with Gasteiger partial charge in [-0.25, -0.2) is 29.9 Å². The fourth-order valence-electron chi connectivity index (χ4n) is 17.3. The third-order valence-corrected chi connectivity index (χ3v) is 24.0. The van der Waals surface area contributed by atoms with Crippen LogP contribution in [0.25, 0.3) is 0 Å². The summed E-state index contributed by atoms with van der Waals surface area (Å²) in [5, 5.41) is 22.9. The first kappa shape index (κ1) is 69.4. The van der Waals surface area contributed by atoms with Crippen molar-refractivity contribution < 1.29 is 14.4 Å². The van der Waals surface area contributed by atoms with Crippen LogP contribution in [0.3, 0.4) is 0 Å². The van der Waals surface area contributed by atoms with Gasteiger partial charge < -0.3 is 61.3 Å². The quantitative estimate of drug-likeness (QED) is 0.0471. The third-order valence-electron chi connectivity index (χ3n) is 23.2. The fraction of sp³-hybridized carbons (Fsp3) is 0.506. The molecule has 4 saturated heterocycles. The first-order valence-electron chi connectivity index (χ1n) is 37.5. The Morgan fingerprint density at radius 2 is 0.777 bits per heavy atom. The molecular weight excluding hydrogens is 1360 g/mol. The number of halogens is 3. The number of amides is 3. The molecule has 24 heteroatoms. The minimum Gasteiger partial charge on any atom is -0.352 e. The van der Waals surface area contributed by atoms with Gasteiger partial charge in [-0.1, -0.05) is 112 Å². The number of nitrogens with one attached hydrogen (secondary N) is 6. The van der Waals surface area contributed by atoms with Gasteiger partial charge in [-0.3, -0.25) is 14.4 Å². The first-order valence-corrected chi connectivity index (χ1v) is 38.7. The number of carbonyl (C=O) groups is 3. The molecule has 21 nitrogen and oxygen atoms in total. The van der Waals surface area contributed by atoms with E-state index < -0.39 is 0 Å². The van der Waals surface area contributed by atoms with Crippen LogP contribution >= 0.6 is 34.8 Å². The Kier molecular flexibility index (Phi) is 19.7. The summed E-state index contributed by atoms with van der Waals surface area (Å²) in [6.07, 6.45) is 18.9. The molecule has 6 N–H and O–H groups in total. The molecular formula is C79H95Cl3N18O3. The van der Waals surface area contributed by atoms with Gasteiger partial charge in [0.15, 0.2) is 0 Å². The highest BCUT2D eigenvalue weighted by atomic mass is 35.5. The Morgan fingerprint density at radius 3 is 1.13 bits per heavy atom. The zero-order valence-electron chi connectivity index (χ0n) is 59.2. The van der Waals surface area contributed by atoms with E-state index in [4.69, 9.17) is 49.8 Å². The lowest BCUT2D eigenvalue weighted by Crippen LogP contribution is -2.58. The van der Waals surface area contributed by atoms with Gasteiger partial charge in [-0.05, 0) is 154 Å². The molecule has 0 radical (unpaired) electrons. The number of benzene rings is 3. The molecule has 12 atom stereocenters. The van der Waals surface area contributed by atoms with E-state index in [0.29, 0.717) is 95.8 Å². The predicted molar refractivity (Wildman–Crippen MR) is 408 cm³/mol. The first-order chi connectivity index (χ1) is 50.0. The van der Waals surface area contributed by atoms with E-state index >= 15 is 0 Å². The standard InChI is InChI=1S/C27H33ClN6O.2C26H31ClN6O/c1-16-11-17(2)32-25-24(16)26(31-15-30-25)33-13-21-9-10-22(14-33)34(21)27(35)23(12-29-20-7-8-20)18-3-5-19(28)6-4-18;2*1-15-11-16(2)31-24-23(15)25(30-14-29-24)32-9-10-33(22-12-21(22)32)26(34)20(13-28-19-7-8-19)17-3-5-18(27)6-4-17/h3-6,15-16,20-23,29H,2,7-14H2,1H3,(H,30,31,32);2*3-6,14-15,19-22,28H,2,7-13H2,1H3,(H,29,30,31)/t16-,21?,22?,23-;15-,20-,21+,22-;15-,20-,21-,22+/m111/s1. The van der Waals surface area contributed by atoms with Crippen molar-refractivity contribution in [2.24, 2.45) is 0 Å². The molecule has 10 heterocycles. The number of hydrogen-bond donors (Lipinski definition) is 6. The summed E-state index contributed by atoms with van der Waals surface area (Å²) in [5.74, 6) is 6.73. The highest BCUT2D eigenvalue weighted by Gasteiger charge is 2.55. The largest absolute Gasteiger partial charge is 0.352 e. The van der Waals surface area contributed by atoms with E-state index in [1.165, 1.54) is 55.2 Å². The third kappa shape index (κ3) is 14.9. The van der Waals surface area contributed by atoms with Gasteiger partial charge in [0.2, 0.25) is 17.7 Å². The summed E-state index contributed by atoms with van der Waals surface area (Å²) in [6, 6.07) is 26.5. The van der Waals surface area contributed by atoms with Gasteiger partial charge >= 0.3 is 0 Å². The van der Waals surface area contributed by atoms with Gasteiger partial charge in [-0.15, -0.1) is 0 Å². The highest BCUT2D eigenvalue weighted by Crippen LogP contribution is 2.49. The van der Waals surface area contributed by atoms with Crippen molar-refractivity contribution in [1.82, 2.24) is 60.6 Å². The van der Waals surface area contributed by atoms with Crippen LogP contribution < -0.4 is 46.6 Å². The lowest BCUT2D eigenvalue weighted by atomic mass is 9.92. The van der Waals surface area contributed by atoms with Crippen LogP contribution in [0.4, 0.5) is 34.9 Å². The summed E-state index contributed by atoms with van der Waals surface area (Å²) >= 11 is 18.4. The fourth-order valence-corrected chi connectivity index (χ4v) is 17.7. The van der Waals surface area contributed by atoms with Crippen molar-refractivity contribution in [3.05, 3.63) is 177 Å². The molecule has 18 rings (SSSR count). The Morgan fingerprint density at radius 1 is 0.447 bits per heavy atom. The second-order valence-corrected chi connectivity index (χ2v) is 32.3. The van der Waals surface area contributed by atoms with Gasteiger partial charge in [0.25, 0.3) is 0 Å². The summed E-state index contributed by atoms with van der Waals surface area (Å²) in [4.78, 5) is 82.8. The Hall–Kier alpha value is -7.92. The Bertz CT molecular complexity index is 4020. The van der Waals surface area contributed by atoms with Crippen LogP contribution in [0, 0.1) is 0 Å². The van der Waals surface area contributed by atoms with Crippen LogP contribution in [0.15, 0.2) is 129 Å². The molecule has 9 fully saturated rings. The monoisotopic (exact) mass is 1450 g/mol. The van der Waals surface area contributed by atoms with E-state index in [2.05, 4.69) is 117 Å². The van der Waals surface area contributed by atoms with E-state index in [1.54, 1.807) is 19.0 Å². The van der Waals surface area contributed by atoms with Crippen molar-refractivity contribution in [3.8, 4) is 0 Å². The Balaban J connectivity index is 0.000000119. The molecule has 3 amide bonds. The number of aromatic nitrogens is 6. The van der Waals surface area contributed by atoms with Gasteiger partial charge in [0, 0.05) is 138 Å². The van der Waals surface area contributed by atoms with Gasteiger partial charge in [0.05, 0.1) is 41.9 Å². The number of piperazine rings is 3. The number of nitrogens with zero attached hydrogens (tertiary/aromatic N) is 12. The molecule has 3 aromatic heterocycles. The number of carbonyl (C=O) groups excluding carboxylic acids is 3. The zero-order valence-corrected chi connectivity index (χ0v) is 61.5. The number of hydrogen-bond acceptors (Lipinski definition) is 18. The SMILES string of the molecule is C=C1C[C@@H](C)c2c(ncnc2N2CC3CCC(C2)N3C(=O)[C@H](CNC2CC2)c2ccc(Cl)cc2)N1.C=C1C[C@@H](C)c2c(ncnc2N2CCN(C(=O)[C@H](CNC3CC3)c3ccc(Cl)cc3)[C@@H]3C[C@@H]32)N1.C=C1C[C@@H](C)c2c(ncnc2N2CCN(C(=O)[C@H](CNC3CC3)c3ccc(Cl)cc3)[C@H]3C[C@H]32)N1. The van der Waals surface area contributed by atoms with E-state index in [0.717, 1.165) is 140 Å². The van der Waals surface area contributed by atoms with Gasteiger partial charge in [0.1, 0.15) is 53.9 Å². The summed E-state index contributed by atoms with van der Waals surface area (Å²) in [7, 11) is 0. The lowest BCUT2D eigenvalue weighted by Gasteiger charge is -2.44.